The minimum atomic E-state index is -0.0941. The number of anilines is 2. The molecule has 0 unspecified atom stereocenters. The second-order valence-corrected chi connectivity index (χ2v) is 7.80. The number of hydrogen-bond acceptors (Lipinski definition) is 4. The van der Waals surface area contributed by atoms with Crippen LogP contribution in [0.3, 0.4) is 0 Å². The summed E-state index contributed by atoms with van der Waals surface area (Å²) < 4.78 is 0. The van der Waals surface area contributed by atoms with Gasteiger partial charge in [-0.1, -0.05) is 48.0 Å². The highest BCUT2D eigenvalue weighted by Crippen LogP contribution is 2.24. The lowest BCUT2D eigenvalue weighted by Gasteiger charge is -2.36. The lowest BCUT2D eigenvalue weighted by atomic mass is 10.0. The summed E-state index contributed by atoms with van der Waals surface area (Å²) in [6, 6.07) is 20.3. The van der Waals surface area contributed by atoms with Crippen molar-refractivity contribution in [3.8, 4) is 0 Å². The number of thiocarbonyl (C=S) groups is 1. The number of pyridine rings is 1. The topological polar surface area (TPSA) is 48.5 Å². The van der Waals surface area contributed by atoms with Gasteiger partial charge in [0.05, 0.1) is 5.69 Å². The van der Waals surface area contributed by atoms with Gasteiger partial charge in [-0.15, -0.1) is 0 Å². The molecule has 152 valence electrons. The Morgan fingerprint density at radius 2 is 1.70 bits per heavy atom. The SMILES string of the molecule is O=C(c1ccccc1)c1cc(Cl)ccc1NC(=S)N1CCN(c2ccccn2)CC1. The number of carbonyl (C=O) groups is 1. The van der Waals surface area contributed by atoms with E-state index in [0.29, 0.717) is 26.9 Å². The van der Waals surface area contributed by atoms with Crippen LogP contribution in [0, 0.1) is 0 Å². The molecule has 30 heavy (non-hydrogen) atoms. The maximum Gasteiger partial charge on any atom is 0.195 e. The van der Waals surface area contributed by atoms with Crippen molar-refractivity contribution in [2.75, 3.05) is 36.4 Å². The fourth-order valence-corrected chi connectivity index (χ4v) is 3.90. The monoisotopic (exact) mass is 436 g/mol. The van der Waals surface area contributed by atoms with Crippen molar-refractivity contribution >= 4 is 46.2 Å². The molecule has 7 heteroatoms. The van der Waals surface area contributed by atoms with Gasteiger partial charge in [0.1, 0.15) is 5.82 Å². The van der Waals surface area contributed by atoms with Crippen LogP contribution in [0.5, 0.6) is 0 Å². The Hall–Kier alpha value is -2.96. The molecular formula is C23H21ClN4OS. The molecule has 4 rings (SSSR count). The molecule has 0 bridgehead atoms. The Kier molecular flexibility index (Phi) is 6.26. The van der Waals surface area contributed by atoms with Crippen LogP contribution < -0.4 is 10.2 Å². The Balaban J connectivity index is 1.46. The first kappa shape index (κ1) is 20.3. The maximum atomic E-state index is 13.0. The van der Waals surface area contributed by atoms with Gasteiger partial charge in [0, 0.05) is 48.5 Å². The molecule has 2 heterocycles. The number of benzene rings is 2. The molecule has 1 saturated heterocycles. The van der Waals surface area contributed by atoms with E-state index in [1.165, 1.54) is 0 Å². The summed E-state index contributed by atoms with van der Waals surface area (Å²) in [6.45, 7) is 3.21. The van der Waals surface area contributed by atoms with Crippen molar-refractivity contribution in [1.29, 1.82) is 0 Å². The number of carbonyl (C=O) groups excluding carboxylic acids is 1. The molecule has 3 aromatic rings. The molecular weight excluding hydrogens is 416 g/mol. The third-order valence-electron chi connectivity index (χ3n) is 5.04. The quantitative estimate of drug-likeness (QED) is 0.480. The van der Waals surface area contributed by atoms with Crippen LogP contribution in [0.15, 0.2) is 72.9 Å². The van der Waals surface area contributed by atoms with Crippen LogP contribution in [0.25, 0.3) is 0 Å². The summed E-state index contributed by atoms with van der Waals surface area (Å²) in [5, 5.41) is 4.36. The summed E-state index contributed by atoms with van der Waals surface area (Å²) in [5.41, 5.74) is 1.77. The van der Waals surface area contributed by atoms with Gasteiger partial charge in [0.15, 0.2) is 10.9 Å². The number of nitrogens with one attached hydrogen (secondary N) is 1. The average Bonchev–Trinajstić information content (AvgIpc) is 2.81. The molecule has 0 aliphatic carbocycles. The van der Waals surface area contributed by atoms with E-state index in [4.69, 9.17) is 23.8 Å². The van der Waals surface area contributed by atoms with Gasteiger partial charge < -0.3 is 15.1 Å². The zero-order valence-electron chi connectivity index (χ0n) is 16.3. The summed E-state index contributed by atoms with van der Waals surface area (Å²) in [5.74, 6) is 0.882. The number of hydrogen-bond donors (Lipinski definition) is 1. The summed E-state index contributed by atoms with van der Waals surface area (Å²) >= 11 is 11.8. The van der Waals surface area contributed by atoms with Gasteiger partial charge >= 0.3 is 0 Å². The van der Waals surface area contributed by atoms with E-state index in [9.17, 15) is 4.79 Å². The van der Waals surface area contributed by atoms with Gasteiger partial charge in [0.2, 0.25) is 0 Å². The third-order valence-corrected chi connectivity index (χ3v) is 5.64. The molecule has 1 fully saturated rings. The lowest BCUT2D eigenvalue weighted by Crippen LogP contribution is -2.50. The first-order valence-corrected chi connectivity index (χ1v) is 10.5. The zero-order chi connectivity index (χ0) is 20.9. The number of aromatic nitrogens is 1. The van der Waals surface area contributed by atoms with E-state index in [1.807, 2.05) is 36.4 Å². The van der Waals surface area contributed by atoms with E-state index in [0.717, 1.165) is 32.0 Å². The molecule has 1 aliphatic rings. The highest BCUT2D eigenvalue weighted by atomic mass is 35.5. The van der Waals surface area contributed by atoms with Crippen molar-refractivity contribution in [1.82, 2.24) is 9.88 Å². The second kappa shape index (κ2) is 9.24. The first-order valence-electron chi connectivity index (χ1n) is 9.73. The van der Waals surface area contributed by atoms with Crippen molar-refractivity contribution in [3.63, 3.8) is 0 Å². The molecule has 0 amide bonds. The van der Waals surface area contributed by atoms with E-state index in [-0.39, 0.29) is 5.78 Å². The highest BCUT2D eigenvalue weighted by Gasteiger charge is 2.21. The second-order valence-electron chi connectivity index (χ2n) is 6.98. The molecule has 0 radical (unpaired) electrons. The first-order chi connectivity index (χ1) is 14.6. The van der Waals surface area contributed by atoms with Crippen molar-refractivity contribution in [2.24, 2.45) is 0 Å². The molecule has 1 aromatic heterocycles. The Bertz CT molecular complexity index is 1040. The zero-order valence-corrected chi connectivity index (χ0v) is 17.9. The molecule has 1 aliphatic heterocycles. The normalized spacial score (nSPS) is 13.8. The standard InChI is InChI=1S/C23H21ClN4OS/c24-18-9-10-20(19(16-18)22(29)17-6-2-1-3-7-17)26-23(30)28-14-12-27(13-15-28)21-8-4-5-11-25-21/h1-11,16H,12-15H2,(H,26,30). The van der Waals surface area contributed by atoms with Crippen LogP contribution in [0.2, 0.25) is 5.02 Å². The van der Waals surface area contributed by atoms with Crippen LogP contribution in [-0.4, -0.2) is 47.0 Å². The molecule has 0 saturated carbocycles. The van der Waals surface area contributed by atoms with Crippen molar-refractivity contribution in [2.45, 2.75) is 0 Å². The molecule has 0 spiro atoms. The molecule has 5 nitrogen and oxygen atoms in total. The van der Waals surface area contributed by atoms with E-state index < -0.39 is 0 Å². The maximum absolute atomic E-state index is 13.0. The number of ketones is 1. The van der Waals surface area contributed by atoms with Gasteiger partial charge in [-0.05, 0) is 42.5 Å². The van der Waals surface area contributed by atoms with Gasteiger partial charge in [0.25, 0.3) is 0 Å². The van der Waals surface area contributed by atoms with Crippen LogP contribution in [0.4, 0.5) is 11.5 Å². The molecule has 0 atom stereocenters. The smallest absolute Gasteiger partial charge is 0.195 e. The molecule has 2 aromatic carbocycles. The highest BCUT2D eigenvalue weighted by molar-refractivity contribution is 7.80. The van der Waals surface area contributed by atoms with Gasteiger partial charge in [-0.3, -0.25) is 4.79 Å². The van der Waals surface area contributed by atoms with Gasteiger partial charge in [-0.2, -0.15) is 0 Å². The van der Waals surface area contributed by atoms with E-state index in [2.05, 4.69) is 20.1 Å². The van der Waals surface area contributed by atoms with Crippen LogP contribution >= 0.6 is 23.8 Å². The van der Waals surface area contributed by atoms with Crippen molar-refractivity contribution in [3.05, 3.63) is 89.1 Å². The Labute approximate surface area is 186 Å². The van der Waals surface area contributed by atoms with Crippen LogP contribution in [-0.2, 0) is 0 Å². The Morgan fingerprint density at radius 1 is 0.967 bits per heavy atom. The Morgan fingerprint density at radius 3 is 2.40 bits per heavy atom. The number of rotatable bonds is 4. The van der Waals surface area contributed by atoms with E-state index in [1.54, 1.807) is 36.5 Å². The summed E-state index contributed by atoms with van der Waals surface area (Å²) in [7, 11) is 0. The number of piperazine rings is 1. The third kappa shape index (κ3) is 4.61. The number of nitrogens with zero attached hydrogens (tertiary/aromatic N) is 3. The van der Waals surface area contributed by atoms with E-state index >= 15 is 0 Å². The predicted molar refractivity (Wildman–Crippen MR) is 126 cm³/mol. The fraction of sp³-hybridized carbons (Fsp3) is 0.174. The van der Waals surface area contributed by atoms with Crippen molar-refractivity contribution < 1.29 is 4.79 Å². The van der Waals surface area contributed by atoms with Crippen LogP contribution in [0.1, 0.15) is 15.9 Å². The minimum absolute atomic E-state index is 0.0941. The molecule has 1 N–H and O–H groups in total. The predicted octanol–water partition coefficient (Wildman–Crippen LogP) is 4.49. The number of halogens is 1. The lowest BCUT2D eigenvalue weighted by molar-refractivity contribution is 0.103. The summed E-state index contributed by atoms with van der Waals surface area (Å²) in [6.07, 6.45) is 1.81. The average molecular weight is 437 g/mol. The fourth-order valence-electron chi connectivity index (χ4n) is 3.43. The van der Waals surface area contributed by atoms with Gasteiger partial charge in [-0.25, -0.2) is 4.98 Å². The largest absolute Gasteiger partial charge is 0.353 e. The minimum Gasteiger partial charge on any atom is -0.353 e. The summed E-state index contributed by atoms with van der Waals surface area (Å²) in [4.78, 5) is 21.8.